The summed E-state index contributed by atoms with van der Waals surface area (Å²) in [6.07, 6.45) is 9.23. The largest absolute Gasteiger partial charge is 0.478 e. The normalized spacial score (nSPS) is 27.4. The van der Waals surface area contributed by atoms with Crippen LogP contribution < -0.4 is 5.32 Å². The Hall–Kier alpha value is -2.96. The summed E-state index contributed by atoms with van der Waals surface area (Å²) in [5.41, 5.74) is -0.354. The van der Waals surface area contributed by atoms with Crippen LogP contribution in [-0.2, 0) is 20.8 Å². The lowest BCUT2D eigenvalue weighted by Crippen LogP contribution is -2.56. The first-order valence-corrected chi connectivity index (χ1v) is 18.9. The summed E-state index contributed by atoms with van der Waals surface area (Å²) in [6.45, 7) is 4.60. The number of unbranched alkanes of at least 4 members (excludes halogenated alkanes) is 1. The lowest BCUT2D eigenvalue weighted by atomic mass is 9.69. The van der Waals surface area contributed by atoms with E-state index >= 15 is 0 Å². The number of benzene rings is 1. The van der Waals surface area contributed by atoms with Gasteiger partial charge < -0.3 is 25.5 Å². The number of fused-ring (bicyclic) bond motifs is 2. The molecular formula is C36H44Cl2N4O6S. The molecule has 1 amide bonds. The first kappa shape index (κ1) is 35.9. The summed E-state index contributed by atoms with van der Waals surface area (Å²) in [7, 11) is 0. The molecule has 3 atom stereocenters. The number of aliphatic carboxylic acids is 2. The highest BCUT2D eigenvalue weighted by molar-refractivity contribution is 7.09. The van der Waals surface area contributed by atoms with Gasteiger partial charge in [-0.2, -0.15) is 0 Å². The molecule has 1 saturated heterocycles. The van der Waals surface area contributed by atoms with Crippen molar-refractivity contribution in [1.82, 2.24) is 20.1 Å². The Morgan fingerprint density at radius 1 is 0.980 bits per heavy atom. The van der Waals surface area contributed by atoms with Gasteiger partial charge in [0.1, 0.15) is 0 Å². The van der Waals surface area contributed by atoms with Crippen LogP contribution in [0.5, 0.6) is 0 Å². The molecule has 2 aliphatic heterocycles. The minimum absolute atomic E-state index is 0.135. The third-order valence-corrected chi connectivity index (χ3v) is 12.7. The molecule has 264 valence electrons. The van der Waals surface area contributed by atoms with Crippen molar-refractivity contribution in [2.24, 2.45) is 11.8 Å². The van der Waals surface area contributed by atoms with E-state index in [4.69, 9.17) is 23.2 Å². The molecule has 0 radical (unpaired) electrons. The van der Waals surface area contributed by atoms with Crippen molar-refractivity contribution in [1.29, 1.82) is 0 Å². The number of nitrogens with zero attached hydrogens (tertiary/aromatic N) is 3. The van der Waals surface area contributed by atoms with Crippen LogP contribution in [0.4, 0.5) is 0 Å². The van der Waals surface area contributed by atoms with Crippen molar-refractivity contribution in [3.8, 4) is 0 Å². The Morgan fingerprint density at radius 2 is 1.61 bits per heavy atom. The van der Waals surface area contributed by atoms with Crippen LogP contribution in [0.15, 0.2) is 52.3 Å². The van der Waals surface area contributed by atoms with Gasteiger partial charge in [0.15, 0.2) is 0 Å². The van der Waals surface area contributed by atoms with Crippen LogP contribution in [0.25, 0.3) is 0 Å². The zero-order valence-electron chi connectivity index (χ0n) is 27.7. The Bertz CT molecular complexity index is 1600. The minimum Gasteiger partial charge on any atom is -0.478 e. The molecule has 2 bridgehead atoms. The van der Waals surface area contributed by atoms with Crippen LogP contribution in [0, 0.1) is 11.8 Å². The minimum atomic E-state index is -1.36. The number of aliphatic hydroxyl groups is 1. The number of carbonyl (C=O) groups excluding carboxylic acids is 1. The first-order chi connectivity index (χ1) is 23.5. The quantitative estimate of drug-likeness (QED) is 0.204. The van der Waals surface area contributed by atoms with Crippen molar-refractivity contribution >= 4 is 52.4 Å². The maximum absolute atomic E-state index is 13.9. The molecule has 49 heavy (non-hydrogen) atoms. The number of aromatic nitrogens is 1. The molecule has 3 fully saturated rings. The molecule has 6 rings (SSSR count). The zero-order chi connectivity index (χ0) is 34.9. The molecule has 1 aromatic heterocycles. The van der Waals surface area contributed by atoms with Crippen LogP contribution in [-0.4, -0.2) is 85.8 Å². The van der Waals surface area contributed by atoms with Crippen LogP contribution in [0.3, 0.4) is 0 Å². The number of carbonyl (C=O) groups is 3. The lowest BCUT2D eigenvalue weighted by Gasteiger charge is -2.48. The van der Waals surface area contributed by atoms with Gasteiger partial charge in [-0.15, -0.1) is 11.3 Å². The van der Waals surface area contributed by atoms with E-state index in [1.165, 1.54) is 11.3 Å². The Kier molecular flexibility index (Phi) is 11.1. The second kappa shape index (κ2) is 15.1. The van der Waals surface area contributed by atoms with Crippen LogP contribution in [0.2, 0.25) is 10.0 Å². The number of hydrogen-bond donors (Lipinski definition) is 4. The van der Waals surface area contributed by atoms with E-state index in [0.717, 1.165) is 50.0 Å². The SMILES string of the molecule is CCCCC1(O)C2CCC1CC(N1CCN(C(=O)CC3=C(C(=O)O)C(c4c(Cl)cccc4Cl)C(C(=O)O)=C(CCc4nccs4)N3)CC1)C2. The monoisotopic (exact) mass is 730 g/mol. The van der Waals surface area contributed by atoms with E-state index in [2.05, 4.69) is 22.1 Å². The van der Waals surface area contributed by atoms with E-state index in [0.29, 0.717) is 56.2 Å². The van der Waals surface area contributed by atoms with E-state index in [-0.39, 0.29) is 51.2 Å². The predicted molar refractivity (Wildman–Crippen MR) is 189 cm³/mol. The number of carboxylic acid groups (broad SMARTS) is 2. The number of hydrogen-bond acceptors (Lipinski definition) is 8. The third kappa shape index (κ3) is 7.28. The van der Waals surface area contributed by atoms with Gasteiger partial charge in [0.05, 0.1) is 34.1 Å². The predicted octanol–water partition coefficient (Wildman–Crippen LogP) is 6.09. The highest BCUT2D eigenvalue weighted by Gasteiger charge is 2.53. The number of amides is 1. The smallest absolute Gasteiger partial charge is 0.334 e. The first-order valence-electron chi connectivity index (χ1n) is 17.3. The Balaban J connectivity index is 1.21. The van der Waals surface area contributed by atoms with Gasteiger partial charge in [-0.1, -0.05) is 49.0 Å². The summed E-state index contributed by atoms with van der Waals surface area (Å²) < 4.78 is 0. The zero-order valence-corrected chi connectivity index (χ0v) is 30.0. The molecule has 2 aromatic rings. The van der Waals surface area contributed by atoms with Gasteiger partial charge >= 0.3 is 11.9 Å². The van der Waals surface area contributed by atoms with Crippen molar-refractivity contribution in [3.05, 3.63) is 72.9 Å². The molecule has 2 saturated carbocycles. The number of nitrogens with one attached hydrogen (secondary N) is 1. The van der Waals surface area contributed by atoms with Crippen LogP contribution in [0.1, 0.15) is 81.2 Å². The van der Waals surface area contributed by atoms with Crippen molar-refractivity contribution in [2.75, 3.05) is 26.2 Å². The van der Waals surface area contributed by atoms with Gasteiger partial charge in [-0.3, -0.25) is 9.69 Å². The van der Waals surface area contributed by atoms with Crippen LogP contribution >= 0.6 is 34.5 Å². The fourth-order valence-electron chi connectivity index (χ4n) is 8.73. The highest BCUT2D eigenvalue weighted by atomic mass is 35.5. The summed E-state index contributed by atoms with van der Waals surface area (Å²) >= 11 is 14.6. The average molecular weight is 732 g/mol. The van der Waals surface area contributed by atoms with E-state index in [1.54, 1.807) is 29.3 Å². The van der Waals surface area contributed by atoms with Gasteiger partial charge in [0.2, 0.25) is 5.91 Å². The van der Waals surface area contributed by atoms with E-state index in [9.17, 15) is 29.7 Å². The number of piperazine rings is 1. The molecule has 0 spiro atoms. The molecule has 13 heteroatoms. The number of rotatable bonds is 12. The molecule has 3 unspecified atom stereocenters. The lowest BCUT2D eigenvalue weighted by molar-refractivity contribution is -0.134. The maximum Gasteiger partial charge on any atom is 0.334 e. The van der Waals surface area contributed by atoms with Gasteiger partial charge in [0, 0.05) is 77.2 Å². The number of thiazole rings is 1. The molecule has 2 aliphatic carbocycles. The fraction of sp³-hybridized carbons (Fsp3) is 0.556. The number of carboxylic acids is 2. The Morgan fingerprint density at radius 3 is 2.18 bits per heavy atom. The molecule has 1 aromatic carbocycles. The highest BCUT2D eigenvalue weighted by Crippen LogP contribution is 2.53. The Labute approximate surface area is 300 Å². The molecule has 4 N–H and O–H groups in total. The van der Waals surface area contributed by atoms with Crippen molar-refractivity contribution in [3.63, 3.8) is 0 Å². The second-order valence-electron chi connectivity index (χ2n) is 13.8. The summed E-state index contributed by atoms with van der Waals surface area (Å²) in [6, 6.07) is 5.10. The van der Waals surface area contributed by atoms with Crippen molar-refractivity contribution in [2.45, 2.75) is 88.7 Å². The van der Waals surface area contributed by atoms with Gasteiger partial charge in [-0.25, -0.2) is 14.6 Å². The molecule has 4 aliphatic rings. The number of dihydropyridines is 1. The number of allylic oxidation sites excluding steroid dienone is 1. The molecule has 3 heterocycles. The fourth-order valence-corrected chi connectivity index (χ4v) is 9.97. The van der Waals surface area contributed by atoms with Crippen molar-refractivity contribution < 1.29 is 29.7 Å². The second-order valence-corrected chi connectivity index (χ2v) is 15.6. The summed E-state index contributed by atoms with van der Waals surface area (Å²) in [4.78, 5) is 48.2. The summed E-state index contributed by atoms with van der Waals surface area (Å²) in [5.74, 6) is -3.54. The topological polar surface area (TPSA) is 143 Å². The number of halogens is 2. The maximum atomic E-state index is 13.9. The molecular weight excluding hydrogens is 687 g/mol. The standard InChI is InChI=1S/C36H44Cl2N4O6S/c1-2-3-11-36(48)21-7-8-22(36)19-23(18-21)41-13-15-42(16-14-41)29(43)20-27-32(35(46)47)33(30-24(37)5-4-6-25(30)38)31(34(44)45)26(40-27)9-10-28-39-12-17-49-28/h4-6,12,17,21-23,33,40,48H,2-3,7-11,13-16,18-20H2,1H3,(H,44,45)(H,46,47). The molecule has 10 nitrogen and oxygen atoms in total. The van der Waals surface area contributed by atoms with Gasteiger partial charge in [0.25, 0.3) is 0 Å². The van der Waals surface area contributed by atoms with E-state index < -0.39 is 23.5 Å². The third-order valence-electron chi connectivity index (χ3n) is 11.2. The average Bonchev–Trinajstić information content (AvgIpc) is 3.62. The van der Waals surface area contributed by atoms with E-state index in [1.807, 2.05) is 5.38 Å². The summed E-state index contributed by atoms with van der Waals surface area (Å²) in [5, 5.41) is 38.6. The number of aryl methyl sites for hydroxylation is 1. The van der Waals surface area contributed by atoms with Gasteiger partial charge in [-0.05, 0) is 62.5 Å².